The van der Waals surface area contributed by atoms with Crippen molar-refractivity contribution < 1.29 is 17.6 Å². The molecule has 0 spiro atoms. The van der Waals surface area contributed by atoms with Crippen LogP contribution in [0.1, 0.15) is 45.1 Å². The molecule has 1 aromatic carbocycles. The lowest BCUT2D eigenvalue weighted by molar-refractivity contribution is 0.212. The fourth-order valence-corrected chi connectivity index (χ4v) is 3.71. The molecule has 21 heavy (non-hydrogen) atoms. The molecule has 0 fully saturated rings. The van der Waals surface area contributed by atoms with Gasteiger partial charge in [0.05, 0.1) is 0 Å². The fraction of sp³-hybridized carbons (Fsp3) is 0.625. The molecule has 0 aliphatic carbocycles. The van der Waals surface area contributed by atoms with E-state index < -0.39 is 20.9 Å². The van der Waals surface area contributed by atoms with Crippen LogP contribution in [-0.2, 0) is 15.3 Å². The Bertz CT molecular complexity index is 396. The van der Waals surface area contributed by atoms with Crippen molar-refractivity contribution in [1.82, 2.24) is 0 Å². The van der Waals surface area contributed by atoms with Crippen molar-refractivity contribution in [2.24, 2.45) is 0 Å². The smallest absolute Gasteiger partial charge is 0.384 e. The van der Waals surface area contributed by atoms with Crippen LogP contribution in [0.4, 0.5) is 8.78 Å². The van der Waals surface area contributed by atoms with Gasteiger partial charge in [0.15, 0.2) is 11.6 Å². The lowest BCUT2D eigenvalue weighted by Gasteiger charge is -2.12. The van der Waals surface area contributed by atoms with Crippen LogP contribution in [0.5, 0.6) is 0 Å². The molecule has 119 valence electrons. The predicted octanol–water partition coefficient (Wildman–Crippen LogP) is 4.63. The average molecular weight is 315 g/mol. The molecule has 1 radical (unpaired) electrons. The summed E-state index contributed by atoms with van der Waals surface area (Å²) in [7, 11) is -1.09. The van der Waals surface area contributed by atoms with Gasteiger partial charge in [-0.1, -0.05) is 25.3 Å². The number of benzene rings is 1. The van der Waals surface area contributed by atoms with E-state index in [4.69, 9.17) is 8.85 Å². The van der Waals surface area contributed by atoms with E-state index in [1.54, 1.807) is 6.07 Å². The molecule has 5 heteroatoms. The molecular weight excluding hydrogens is 290 g/mol. The van der Waals surface area contributed by atoms with E-state index in [0.29, 0.717) is 13.2 Å². The Morgan fingerprint density at radius 2 is 1.57 bits per heavy atom. The van der Waals surface area contributed by atoms with Crippen LogP contribution in [-0.4, -0.2) is 22.5 Å². The highest BCUT2D eigenvalue weighted by molar-refractivity contribution is 6.44. The molecule has 0 bridgehead atoms. The molecule has 0 heterocycles. The highest BCUT2D eigenvalue weighted by Gasteiger charge is 2.13. The maximum absolute atomic E-state index is 13.0. The first-order valence-corrected chi connectivity index (χ1v) is 9.25. The zero-order valence-electron chi connectivity index (χ0n) is 13.0. The first-order chi connectivity index (χ1) is 10.2. The van der Waals surface area contributed by atoms with E-state index >= 15 is 0 Å². The van der Waals surface area contributed by atoms with E-state index in [1.807, 2.05) is 13.8 Å². The zero-order chi connectivity index (χ0) is 15.5. The van der Waals surface area contributed by atoms with Gasteiger partial charge >= 0.3 is 9.28 Å². The van der Waals surface area contributed by atoms with Gasteiger partial charge < -0.3 is 8.85 Å². The highest BCUT2D eigenvalue weighted by atomic mass is 28.3. The molecule has 0 saturated carbocycles. The number of hydrogen-bond donors (Lipinski definition) is 0. The summed E-state index contributed by atoms with van der Waals surface area (Å²) in [5.74, 6) is -1.53. The summed E-state index contributed by atoms with van der Waals surface area (Å²) in [5, 5.41) is 0. The SMILES string of the molecule is CCO[Si](CCCCCCc1ccc(F)c(F)c1)OCC. The molecule has 0 saturated heterocycles. The topological polar surface area (TPSA) is 18.5 Å². The van der Waals surface area contributed by atoms with Crippen LogP contribution in [0.15, 0.2) is 18.2 Å². The molecule has 0 N–H and O–H groups in total. The number of halogens is 2. The van der Waals surface area contributed by atoms with E-state index in [9.17, 15) is 8.78 Å². The monoisotopic (exact) mass is 315 g/mol. The second-order valence-electron chi connectivity index (χ2n) is 4.90. The van der Waals surface area contributed by atoms with Gasteiger partial charge in [0.2, 0.25) is 0 Å². The number of rotatable bonds is 11. The Balaban J connectivity index is 2.12. The number of hydrogen-bond acceptors (Lipinski definition) is 2. The Labute approximate surface area is 128 Å². The fourth-order valence-electron chi connectivity index (χ4n) is 2.16. The lowest BCUT2D eigenvalue weighted by atomic mass is 10.1. The van der Waals surface area contributed by atoms with Crippen molar-refractivity contribution >= 4 is 9.28 Å². The zero-order valence-corrected chi connectivity index (χ0v) is 14.0. The summed E-state index contributed by atoms with van der Waals surface area (Å²) in [6.07, 6.45) is 5.11. The van der Waals surface area contributed by atoms with Gasteiger partial charge in [-0.3, -0.25) is 0 Å². The third-order valence-corrected chi connectivity index (χ3v) is 5.17. The summed E-state index contributed by atoms with van der Waals surface area (Å²) in [6, 6.07) is 5.16. The molecule has 1 aromatic rings. The molecule has 0 aromatic heterocycles. The van der Waals surface area contributed by atoms with Gasteiger partial charge in [-0.2, -0.15) is 0 Å². The normalized spacial score (nSPS) is 11.3. The molecule has 1 rings (SSSR count). The maximum atomic E-state index is 13.0. The van der Waals surface area contributed by atoms with E-state index in [1.165, 1.54) is 12.1 Å². The van der Waals surface area contributed by atoms with Crippen LogP contribution >= 0.6 is 0 Å². The molecule has 0 aliphatic rings. The Kier molecular flexibility index (Phi) is 9.46. The van der Waals surface area contributed by atoms with Crippen LogP contribution in [0.3, 0.4) is 0 Å². The molecule has 0 amide bonds. The van der Waals surface area contributed by atoms with Gasteiger partial charge in [-0.05, 0) is 50.4 Å². The summed E-state index contributed by atoms with van der Waals surface area (Å²) in [6.45, 7) is 5.41. The summed E-state index contributed by atoms with van der Waals surface area (Å²) < 4.78 is 37.0. The maximum Gasteiger partial charge on any atom is 0.384 e. The van der Waals surface area contributed by atoms with E-state index in [2.05, 4.69) is 0 Å². The standard InChI is InChI=1S/C16H25F2O2Si/c1-3-19-21(20-4-2)12-8-6-5-7-9-14-10-11-15(17)16(18)13-14/h10-11,13H,3-9,12H2,1-2H3. The highest BCUT2D eigenvalue weighted by Crippen LogP contribution is 2.13. The number of aryl methyl sites for hydroxylation is 1. The largest absolute Gasteiger partial charge is 0.394 e. The van der Waals surface area contributed by atoms with Crippen molar-refractivity contribution in [3.63, 3.8) is 0 Å². The Hall–Kier alpha value is -0.783. The summed E-state index contributed by atoms with van der Waals surface area (Å²) >= 11 is 0. The minimum absolute atomic E-state index is 0.713. The first kappa shape index (κ1) is 18.3. The first-order valence-electron chi connectivity index (χ1n) is 7.72. The van der Waals surface area contributed by atoms with Crippen LogP contribution < -0.4 is 0 Å². The minimum Gasteiger partial charge on any atom is -0.394 e. The van der Waals surface area contributed by atoms with Gasteiger partial charge in [0.25, 0.3) is 0 Å². The second-order valence-corrected chi connectivity index (χ2v) is 6.72. The molecular formula is C16H25F2O2Si. The van der Waals surface area contributed by atoms with Crippen molar-refractivity contribution in [1.29, 1.82) is 0 Å². The summed E-state index contributed by atoms with van der Waals surface area (Å²) in [4.78, 5) is 0. The molecule has 0 aliphatic heterocycles. The summed E-state index contributed by atoms with van der Waals surface area (Å²) in [5.41, 5.74) is 0.863. The second kappa shape index (κ2) is 10.9. The Morgan fingerprint density at radius 1 is 0.905 bits per heavy atom. The molecule has 0 unspecified atom stereocenters. The minimum atomic E-state index is -1.09. The lowest BCUT2D eigenvalue weighted by Crippen LogP contribution is -2.22. The third kappa shape index (κ3) is 7.69. The van der Waals surface area contributed by atoms with Gasteiger partial charge in [-0.25, -0.2) is 8.78 Å². The van der Waals surface area contributed by atoms with Gasteiger partial charge in [-0.15, -0.1) is 0 Å². The molecule has 0 atom stereocenters. The predicted molar refractivity (Wildman–Crippen MR) is 82.3 cm³/mol. The van der Waals surface area contributed by atoms with Crippen molar-refractivity contribution in [2.45, 2.75) is 52.0 Å². The number of unbranched alkanes of at least 4 members (excludes halogenated alkanes) is 3. The third-order valence-electron chi connectivity index (χ3n) is 3.19. The van der Waals surface area contributed by atoms with Crippen LogP contribution in [0, 0.1) is 11.6 Å². The van der Waals surface area contributed by atoms with Crippen molar-refractivity contribution in [3.05, 3.63) is 35.4 Å². The quantitative estimate of drug-likeness (QED) is 0.438. The van der Waals surface area contributed by atoms with E-state index in [0.717, 1.165) is 43.7 Å². The van der Waals surface area contributed by atoms with Gasteiger partial charge in [0.1, 0.15) is 0 Å². The van der Waals surface area contributed by atoms with Gasteiger partial charge in [0, 0.05) is 13.2 Å². The van der Waals surface area contributed by atoms with Crippen molar-refractivity contribution in [2.75, 3.05) is 13.2 Å². The van der Waals surface area contributed by atoms with Crippen LogP contribution in [0.25, 0.3) is 0 Å². The average Bonchev–Trinajstić information content (AvgIpc) is 2.46. The van der Waals surface area contributed by atoms with Crippen LogP contribution in [0.2, 0.25) is 6.04 Å². The van der Waals surface area contributed by atoms with Crippen molar-refractivity contribution in [3.8, 4) is 0 Å². The van der Waals surface area contributed by atoms with E-state index in [-0.39, 0.29) is 0 Å². The molecule has 2 nitrogen and oxygen atoms in total. The Morgan fingerprint density at radius 3 is 2.19 bits per heavy atom.